The van der Waals surface area contributed by atoms with Crippen LogP contribution in [0.4, 0.5) is 0 Å². The van der Waals surface area contributed by atoms with Gasteiger partial charge in [0.2, 0.25) is 0 Å². The summed E-state index contributed by atoms with van der Waals surface area (Å²) in [5, 5.41) is 23.7. The summed E-state index contributed by atoms with van der Waals surface area (Å²) >= 11 is 6.47. The van der Waals surface area contributed by atoms with Gasteiger partial charge in [-0.1, -0.05) is 41.9 Å². The van der Waals surface area contributed by atoms with E-state index in [-0.39, 0.29) is 18.8 Å². The normalized spacial score (nSPS) is 25.2. The number of hydrogen-bond donors (Lipinski definition) is 3. The van der Waals surface area contributed by atoms with Crippen molar-refractivity contribution in [2.75, 3.05) is 13.2 Å². The van der Waals surface area contributed by atoms with Crippen LogP contribution in [0.1, 0.15) is 46.8 Å². The van der Waals surface area contributed by atoms with E-state index in [1.165, 1.54) is 16.7 Å². The lowest BCUT2D eigenvalue weighted by atomic mass is 9.92. The molecule has 4 nitrogen and oxygen atoms in total. The SMILES string of the molecule is OCC1CC(O)CC(c2ccc(Cl)c(Cc3ccc4c(c3)CNCC4)c2)O1. The Hall–Kier alpha value is -1.43. The molecule has 2 heterocycles. The van der Waals surface area contributed by atoms with Crippen LogP contribution in [-0.2, 0) is 24.1 Å². The molecule has 0 amide bonds. The number of aliphatic hydroxyl groups is 2. The van der Waals surface area contributed by atoms with Crippen molar-refractivity contribution in [1.29, 1.82) is 0 Å². The van der Waals surface area contributed by atoms with Crippen molar-refractivity contribution < 1.29 is 14.9 Å². The molecule has 0 bridgehead atoms. The highest BCUT2D eigenvalue weighted by Gasteiger charge is 2.29. The number of hydrogen-bond acceptors (Lipinski definition) is 4. The van der Waals surface area contributed by atoms with E-state index in [0.29, 0.717) is 12.8 Å². The van der Waals surface area contributed by atoms with Crippen molar-refractivity contribution in [2.24, 2.45) is 0 Å². The minimum Gasteiger partial charge on any atom is -0.394 e. The van der Waals surface area contributed by atoms with E-state index >= 15 is 0 Å². The third kappa shape index (κ3) is 4.36. The van der Waals surface area contributed by atoms with E-state index in [9.17, 15) is 10.2 Å². The molecule has 0 aliphatic carbocycles. The molecule has 1 saturated heterocycles. The van der Waals surface area contributed by atoms with E-state index in [1.807, 2.05) is 12.1 Å². The molecule has 0 aromatic heterocycles. The maximum Gasteiger partial charge on any atom is 0.0854 e. The first-order valence-corrected chi connectivity index (χ1v) is 10.0. The van der Waals surface area contributed by atoms with Crippen molar-refractivity contribution in [3.63, 3.8) is 0 Å². The summed E-state index contributed by atoms with van der Waals surface area (Å²) in [4.78, 5) is 0. The molecular formula is C22H26ClNO3. The van der Waals surface area contributed by atoms with Gasteiger partial charge in [0, 0.05) is 24.4 Å². The van der Waals surface area contributed by atoms with Crippen LogP contribution >= 0.6 is 11.6 Å². The molecule has 0 spiro atoms. The van der Waals surface area contributed by atoms with Gasteiger partial charge >= 0.3 is 0 Å². The Balaban J connectivity index is 1.56. The van der Waals surface area contributed by atoms with Crippen LogP contribution in [0.2, 0.25) is 5.02 Å². The number of ether oxygens (including phenoxy) is 1. The van der Waals surface area contributed by atoms with Gasteiger partial charge in [-0.15, -0.1) is 0 Å². The van der Waals surface area contributed by atoms with Gasteiger partial charge in [-0.2, -0.15) is 0 Å². The summed E-state index contributed by atoms with van der Waals surface area (Å²) in [7, 11) is 0. The minimum absolute atomic E-state index is 0.0723. The van der Waals surface area contributed by atoms with Crippen LogP contribution < -0.4 is 5.32 Å². The molecule has 1 fully saturated rings. The second-order valence-electron chi connectivity index (χ2n) is 7.61. The Labute approximate surface area is 165 Å². The van der Waals surface area contributed by atoms with Gasteiger partial charge in [0.25, 0.3) is 0 Å². The number of aliphatic hydroxyl groups excluding tert-OH is 2. The fraction of sp³-hybridized carbons (Fsp3) is 0.455. The molecule has 3 atom stereocenters. The zero-order valence-corrected chi connectivity index (χ0v) is 16.1. The van der Waals surface area contributed by atoms with E-state index in [2.05, 4.69) is 29.6 Å². The number of rotatable bonds is 4. The highest BCUT2D eigenvalue weighted by molar-refractivity contribution is 6.31. The van der Waals surface area contributed by atoms with Crippen LogP contribution in [0, 0.1) is 0 Å². The largest absolute Gasteiger partial charge is 0.394 e. The quantitative estimate of drug-likeness (QED) is 0.754. The van der Waals surface area contributed by atoms with Crippen molar-refractivity contribution >= 4 is 11.6 Å². The van der Waals surface area contributed by atoms with Crippen LogP contribution in [0.5, 0.6) is 0 Å². The number of nitrogens with one attached hydrogen (secondary N) is 1. The summed E-state index contributed by atoms with van der Waals surface area (Å²) < 4.78 is 5.95. The smallest absolute Gasteiger partial charge is 0.0854 e. The van der Waals surface area contributed by atoms with E-state index < -0.39 is 6.10 Å². The molecule has 3 unspecified atom stereocenters. The highest BCUT2D eigenvalue weighted by Crippen LogP contribution is 2.34. The van der Waals surface area contributed by atoms with Gasteiger partial charge in [-0.25, -0.2) is 0 Å². The van der Waals surface area contributed by atoms with E-state index in [1.54, 1.807) is 0 Å². The molecular weight excluding hydrogens is 362 g/mol. The predicted octanol–water partition coefficient (Wildman–Crippen LogP) is 3.15. The van der Waals surface area contributed by atoms with Crippen molar-refractivity contribution in [3.05, 3.63) is 69.2 Å². The van der Waals surface area contributed by atoms with Crippen LogP contribution in [-0.4, -0.2) is 35.6 Å². The molecule has 2 aliphatic heterocycles. The Morgan fingerprint density at radius 2 is 2.00 bits per heavy atom. The fourth-order valence-corrected chi connectivity index (χ4v) is 4.30. The maximum atomic E-state index is 10.1. The molecule has 4 rings (SSSR count). The molecule has 2 aliphatic rings. The predicted molar refractivity (Wildman–Crippen MR) is 106 cm³/mol. The first-order valence-electron chi connectivity index (χ1n) is 9.66. The summed E-state index contributed by atoms with van der Waals surface area (Å²) in [6.07, 6.45) is 1.89. The van der Waals surface area contributed by atoms with Gasteiger partial charge in [-0.3, -0.25) is 0 Å². The molecule has 144 valence electrons. The van der Waals surface area contributed by atoms with Crippen LogP contribution in [0.25, 0.3) is 0 Å². The van der Waals surface area contributed by atoms with Crippen LogP contribution in [0.3, 0.4) is 0 Å². The van der Waals surface area contributed by atoms with Gasteiger partial charge in [0.05, 0.1) is 24.9 Å². The van der Waals surface area contributed by atoms with Crippen molar-refractivity contribution in [1.82, 2.24) is 5.32 Å². The molecule has 27 heavy (non-hydrogen) atoms. The van der Waals surface area contributed by atoms with Crippen LogP contribution in [0.15, 0.2) is 36.4 Å². The molecule has 0 radical (unpaired) electrons. The zero-order valence-electron chi connectivity index (χ0n) is 15.3. The van der Waals surface area contributed by atoms with E-state index in [0.717, 1.165) is 42.1 Å². The average molecular weight is 388 g/mol. The topological polar surface area (TPSA) is 61.7 Å². The molecule has 2 aromatic carbocycles. The molecule has 0 saturated carbocycles. The first-order chi connectivity index (χ1) is 13.1. The molecule has 5 heteroatoms. The highest BCUT2D eigenvalue weighted by atomic mass is 35.5. The number of halogens is 1. The lowest BCUT2D eigenvalue weighted by Gasteiger charge is -2.32. The van der Waals surface area contributed by atoms with Crippen molar-refractivity contribution in [2.45, 2.75) is 50.5 Å². The Kier molecular flexibility index (Phi) is 5.81. The maximum absolute atomic E-state index is 10.1. The summed E-state index contributed by atoms with van der Waals surface area (Å²) in [6, 6.07) is 12.6. The molecule has 2 aromatic rings. The summed E-state index contributed by atoms with van der Waals surface area (Å²) in [5.74, 6) is 0. The van der Waals surface area contributed by atoms with Crippen molar-refractivity contribution in [3.8, 4) is 0 Å². The Morgan fingerprint density at radius 1 is 1.11 bits per heavy atom. The standard InChI is InChI=1S/C22H26ClNO3/c23-21-4-3-16(22-11-19(26)10-20(13-25)27-22)9-17(21)7-14-1-2-15-5-6-24-12-18(15)8-14/h1-4,8-9,19-20,22,24-26H,5-7,10-13H2. The Bertz CT molecular complexity index is 810. The minimum atomic E-state index is -0.451. The summed E-state index contributed by atoms with van der Waals surface area (Å²) in [6.45, 7) is 1.90. The third-order valence-corrected chi connectivity index (χ3v) is 5.94. The van der Waals surface area contributed by atoms with Gasteiger partial charge in [0.1, 0.15) is 0 Å². The second kappa shape index (κ2) is 8.29. The second-order valence-corrected chi connectivity index (χ2v) is 8.02. The lowest BCUT2D eigenvalue weighted by molar-refractivity contribution is -0.113. The third-order valence-electron chi connectivity index (χ3n) is 5.57. The average Bonchev–Trinajstić information content (AvgIpc) is 2.69. The molecule has 3 N–H and O–H groups in total. The fourth-order valence-electron chi connectivity index (χ4n) is 4.12. The first kappa shape index (κ1) is 18.9. The number of benzene rings is 2. The Morgan fingerprint density at radius 3 is 2.85 bits per heavy atom. The van der Waals surface area contributed by atoms with Gasteiger partial charge < -0.3 is 20.3 Å². The zero-order chi connectivity index (χ0) is 18.8. The lowest BCUT2D eigenvalue weighted by Crippen LogP contribution is -2.33. The van der Waals surface area contributed by atoms with Gasteiger partial charge in [-0.05, 0) is 53.3 Å². The van der Waals surface area contributed by atoms with Gasteiger partial charge in [0.15, 0.2) is 0 Å². The monoisotopic (exact) mass is 387 g/mol. The number of fused-ring (bicyclic) bond motifs is 1. The van der Waals surface area contributed by atoms with E-state index in [4.69, 9.17) is 16.3 Å². The summed E-state index contributed by atoms with van der Waals surface area (Å²) in [5.41, 5.74) is 6.11.